The number of rotatable bonds is 7. The van der Waals surface area contributed by atoms with E-state index in [1.165, 1.54) is 0 Å². The lowest BCUT2D eigenvalue weighted by Crippen LogP contribution is -2.27. The molecule has 2 aromatic carbocycles. The highest BCUT2D eigenvalue weighted by Crippen LogP contribution is 2.36. The van der Waals surface area contributed by atoms with E-state index in [0.29, 0.717) is 35.7 Å². The molecule has 1 aromatic heterocycles. The first-order valence-electron chi connectivity index (χ1n) is 11.2. The molecule has 0 bridgehead atoms. The van der Waals surface area contributed by atoms with Gasteiger partial charge in [-0.3, -0.25) is 14.8 Å². The summed E-state index contributed by atoms with van der Waals surface area (Å²) in [6.45, 7) is 0.170. The molecule has 2 aliphatic rings. The van der Waals surface area contributed by atoms with E-state index in [9.17, 15) is 14.4 Å². The number of halogens is 1. The maximum Gasteiger partial charge on any atom is 0.254 e. The summed E-state index contributed by atoms with van der Waals surface area (Å²) in [5, 5.41) is 9.26. The number of carbonyl (C=O) groups excluding carboxylic acids is 1. The van der Waals surface area contributed by atoms with Gasteiger partial charge in [0.05, 0.1) is 30.0 Å². The molecule has 1 fully saturated rings. The Morgan fingerprint density at radius 1 is 1.26 bits per heavy atom. The van der Waals surface area contributed by atoms with Crippen LogP contribution in [-0.2, 0) is 19.8 Å². The Morgan fingerprint density at radius 2 is 2.12 bits per heavy atom. The average molecular weight is 455 g/mol. The Hall–Kier alpha value is -4.05. The van der Waals surface area contributed by atoms with Crippen LogP contribution in [0.3, 0.4) is 0 Å². The number of aromatic nitrogens is 1. The summed E-state index contributed by atoms with van der Waals surface area (Å²) in [6, 6.07) is 15.0. The standard InChI is InChI=1S/C27H23FN4O2/c1-32(16-20-13-31-25(11-28)24-15-30-14-23(20)24)27(33)19-5-8-22(26(10-19)34-21-6-7-21)18-4-2-3-17(9-18)12-29/h2-5,8-10,13,15,21H,6-7,11,14,16H2,1H3. The van der Waals surface area contributed by atoms with Gasteiger partial charge in [-0.05, 0) is 59.9 Å². The molecule has 0 N–H and O–H groups in total. The first-order chi connectivity index (χ1) is 16.6. The third-order valence-corrected chi connectivity index (χ3v) is 6.10. The Labute approximate surface area is 197 Å². The number of carbonyl (C=O) groups is 1. The maximum absolute atomic E-state index is 13.3. The largest absolute Gasteiger partial charge is 0.490 e. The molecule has 0 radical (unpaired) electrons. The number of ether oxygens (including phenoxy) is 1. The van der Waals surface area contributed by atoms with Gasteiger partial charge in [-0.2, -0.15) is 5.26 Å². The van der Waals surface area contributed by atoms with Crippen LogP contribution in [0.1, 0.15) is 51.1 Å². The fourth-order valence-electron chi connectivity index (χ4n) is 4.12. The molecule has 1 saturated carbocycles. The lowest BCUT2D eigenvalue weighted by Gasteiger charge is -2.20. The highest BCUT2D eigenvalue weighted by molar-refractivity contribution is 5.95. The van der Waals surface area contributed by atoms with Crippen molar-refractivity contribution >= 4 is 12.1 Å². The van der Waals surface area contributed by atoms with Crippen LogP contribution < -0.4 is 4.74 Å². The lowest BCUT2D eigenvalue weighted by atomic mass is 10.00. The topological polar surface area (TPSA) is 78.6 Å². The van der Waals surface area contributed by atoms with Crippen LogP contribution in [-0.4, -0.2) is 35.2 Å². The van der Waals surface area contributed by atoms with E-state index in [2.05, 4.69) is 16.0 Å². The van der Waals surface area contributed by atoms with Crippen molar-refractivity contribution in [2.75, 3.05) is 7.05 Å². The number of amides is 1. The second-order valence-electron chi connectivity index (χ2n) is 8.61. The number of hydrogen-bond acceptors (Lipinski definition) is 5. The van der Waals surface area contributed by atoms with Crippen LogP contribution in [0.4, 0.5) is 4.39 Å². The number of nitriles is 1. The molecule has 3 aromatic rings. The number of hydrogen-bond donors (Lipinski definition) is 0. The average Bonchev–Trinajstić information content (AvgIpc) is 3.54. The molecule has 1 aliphatic carbocycles. The number of fused-ring (bicyclic) bond motifs is 1. The third-order valence-electron chi connectivity index (χ3n) is 6.10. The quantitative estimate of drug-likeness (QED) is 0.512. The van der Waals surface area contributed by atoms with Crippen LogP contribution >= 0.6 is 0 Å². The minimum Gasteiger partial charge on any atom is -0.490 e. The molecule has 170 valence electrons. The van der Waals surface area contributed by atoms with Crippen molar-refractivity contribution in [1.82, 2.24) is 9.88 Å². The van der Waals surface area contributed by atoms with Crippen LogP contribution in [0, 0.1) is 11.3 Å². The molecular formula is C27H23FN4O2. The zero-order valence-corrected chi connectivity index (χ0v) is 18.8. The number of benzene rings is 2. The summed E-state index contributed by atoms with van der Waals surface area (Å²) in [5.74, 6) is 0.486. The second-order valence-corrected chi connectivity index (χ2v) is 8.61. The molecule has 0 spiro atoms. The highest BCUT2D eigenvalue weighted by Gasteiger charge is 2.26. The minimum absolute atomic E-state index is 0.153. The van der Waals surface area contributed by atoms with Gasteiger partial charge in [0.15, 0.2) is 0 Å². The molecule has 6 nitrogen and oxygen atoms in total. The van der Waals surface area contributed by atoms with Crippen molar-refractivity contribution in [1.29, 1.82) is 5.26 Å². The summed E-state index contributed by atoms with van der Waals surface area (Å²) in [4.78, 5) is 23.4. The molecule has 0 atom stereocenters. The van der Waals surface area contributed by atoms with Gasteiger partial charge in [0.2, 0.25) is 0 Å². The predicted octanol–water partition coefficient (Wildman–Crippen LogP) is 4.84. The van der Waals surface area contributed by atoms with E-state index in [1.807, 2.05) is 24.3 Å². The summed E-state index contributed by atoms with van der Waals surface area (Å²) in [5.41, 5.74) is 5.70. The van der Waals surface area contributed by atoms with E-state index in [-0.39, 0.29) is 12.0 Å². The summed E-state index contributed by atoms with van der Waals surface area (Å²) < 4.78 is 19.4. The molecule has 0 saturated heterocycles. The van der Waals surface area contributed by atoms with Crippen molar-refractivity contribution in [3.05, 3.63) is 82.2 Å². The van der Waals surface area contributed by atoms with E-state index in [4.69, 9.17) is 4.74 Å². The van der Waals surface area contributed by atoms with Crippen LogP contribution in [0.15, 0.2) is 53.7 Å². The van der Waals surface area contributed by atoms with Crippen molar-refractivity contribution < 1.29 is 13.9 Å². The van der Waals surface area contributed by atoms with E-state index in [0.717, 1.165) is 40.7 Å². The number of pyridine rings is 1. The van der Waals surface area contributed by atoms with E-state index in [1.54, 1.807) is 42.6 Å². The van der Waals surface area contributed by atoms with Gasteiger partial charge in [0.25, 0.3) is 5.91 Å². The Morgan fingerprint density at radius 3 is 2.88 bits per heavy atom. The van der Waals surface area contributed by atoms with Crippen molar-refractivity contribution in [2.24, 2.45) is 4.99 Å². The SMILES string of the molecule is CN(Cc1cnc(CF)c2c1CN=C2)C(=O)c1ccc(-c2cccc(C#N)c2)c(OC2CC2)c1. The van der Waals surface area contributed by atoms with Gasteiger partial charge in [-0.25, -0.2) is 4.39 Å². The highest BCUT2D eigenvalue weighted by atomic mass is 19.1. The Bertz CT molecular complexity index is 1340. The van der Waals surface area contributed by atoms with Crippen LogP contribution in [0.5, 0.6) is 5.75 Å². The zero-order valence-electron chi connectivity index (χ0n) is 18.8. The molecule has 34 heavy (non-hydrogen) atoms. The molecule has 2 heterocycles. The first kappa shape index (κ1) is 21.8. The normalized spacial score (nSPS) is 13.9. The molecule has 7 heteroatoms. The van der Waals surface area contributed by atoms with Crippen molar-refractivity contribution in [3.8, 4) is 22.9 Å². The van der Waals surface area contributed by atoms with Crippen LogP contribution in [0.2, 0.25) is 0 Å². The van der Waals surface area contributed by atoms with Crippen molar-refractivity contribution in [3.63, 3.8) is 0 Å². The molecule has 0 unspecified atom stereocenters. The molecule has 5 rings (SSSR count). The van der Waals surface area contributed by atoms with Gasteiger partial charge in [-0.1, -0.05) is 12.1 Å². The number of aliphatic imine (C=N–C) groups is 1. The predicted molar refractivity (Wildman–Crippen MR) is 126 cm³/mol. The number of alkyl halides is 1. The Balaban J connectivity index is 1.42. The summed E-state index contributed by atoms with van der Waals surface area (Å²) >= 11 is 0. The van der Waals surface area contributed by atoms with Crippen molar-refractivity contribution in [2.45, 2.75) is 38.7 Å². The van der Waals surface area contributed by atoms with Gasteiger partial charge in [0.1, 0.15) is 12.4 Å². The lowest BCUT2D eigenvalue weighted by molar-refractivity contribution is 0.0784. The van der Waals surface area contributed by atoms with E-state index >= 15 is 0 Å². The zero-order chi connectivity index (χ0) is 23.7. The smallest absolute Gasteiger partial charge is 0.254 e. The van der Waals surface area contributed by atoms with Gasteiger partial charge in [-0.15, -0.1) is 0 Å². The monoisotopic (exact) mass is 454 g/mol. The van der Waals surface area contributed by atoms with Gasteiger partial charge >= 0.3 is 0 Å². The summed E-state index contributed by atoms with van der Waals surface area (Å²) in [7, 11) is 1.74. The van der Waals surface area contributed by atoms with Gasteiger partial charge in [0, 0.05) is 42.7 Å². The van der Waals surface area contributed by atoms with Crippen LogP contribution in [0.25, 0.3) is 11.1 Å². The number of nitrogens with zero attached hydrogens (tertiary/aromatic N) is 4. The minimum atomic E-state index is -0.642. The fourth-order valence-corrected chi connectivity index (χ4v) is 4.12. The second kappa shape index (κ2) is 9.06. The first-order valence-corrected chi connectivity index (χ1v) is 11.2. The Kier molecular flexibility index (Phi) is 5.81. The van der Waals surface area contributed by atoms with Gasteiger partial charge < -0.3 is 9.64 Å². The molecular weight excluding hydrogens is 431 g/mol. The summed E-state index contributed by atoms with van der Waals surface area (Å²) in [6.07, 6.45) is 5.43. The maximum atomic E-state index is 13.3. The fraction of sp³-hybridized carbons (Fsp3) is 0.259. The molecule has 1 aliphatic heterocycles. The van der Waals surface area contributed by atoms with E-state index < -0.39 is 6.67 Å². The third kappa shape index (κ3) is 4.27. The molecule has 1 amide bonds.